The van der Waals surface area contributed by atoms with Crippen LogP contribution in [-0.2, 0) is 0 Å². The molecule has 0 saturated carbocycles. The summed E-state index contributed by atoms with van der Waals surface area (Å²) in [4.78, 5) is 6.64. The summed E-state index contributed by atoms with van der Waals surface area (Å²) in [6, 6.07) is 7.33. The third-order valence-electron chi connectivity index (χ3n) is 4.15. The van der Waals surface area contributed by atoms with Crippen LogP contribution in [0, 0.1) is 5.92 Å². The van der Waals surface area contributed by atoms with Gasteiger partial charge in [-0.05, 0) is 29.5 Å². The number of aromatic hydroxyl groups is 1. The third-order valence-corrected chi connectivity index (χ3v) is 4.15. The number of aromatic nitrogens is 1. The van der Waals surface area contributed by atoms with Crippen LogP contribution in [0.3, 0.4) is 0 Å². The second-order valence-electron chi connectivity index (χ2n) is 5.78. The lowest BCUT2D eigenvalue weighted by atomic mass is 9.80. The summed E-state index contributed by atoms with van der Waals surface area (Å²) in [7, 11) is 0. The number of rotatable bonds is 2. The van der Waals surface area contributed by atoms with Gasteiger partial charge < -0.3 is 15.7 Å². The van der Waals surface area contributed by atoms with Gasteiger partial charge in [-0.2, -0.15) is 0 Å². The van der Waals surface area contributed by atoms with Crippen molar-refractivity contribution in [3.8, 4) is 5.75 Å². The van der Waals surface area contributed by atoms with Crippen molar-refractivity contribution >= 4 is 16.6 Å². The number of pyridine rings is 1. The number of hydrogen-bond donors (Lipinski definition) is 2. The molecular weight excluding hydrogens is 238 g/mol. The van der Waals surface area contributed by atoms with Gasteiger partial charge in [0.05, 0.1) is 5.54 Å². The molecular formula is C15H19N3O. The molecule has 0 radical (unpaired) electrons. The van der Waals surface area contributed by atoms with Crippen LogP contribution in [0.2, 0.25) is 0 Å². The van der Waals surface area contributed by atoms with Crippen molar-refractivity contribution in [1.82, 2.24) is 4.98 Å². The lowest BCUT2D eigenvalue weighted by Gasteiger charge is -2.51. The zero-order chi connectivity index (χ0) is 13.6. The first-order valence-electron chi connectivity index (χ1n) is 6.61. The second kappa shape index (κ2) is 4.10. The highest BCUT2D eigenvalue weighted by Gasteiger charge is 2.42. The van der Waals surface area contributed by atoms with Crippen LogP contribution in [0.25, 0.3) is 10.8 Å². The van der Waals surface area contributed by atoms with E-state index < -0.39 is 0 Å². The number of phenols is 1. The Labute approximate surface area is 112 Å². The molecule has 0 aliphatic carbocycles. The monoisotopic (exact) mass is 257 g/mol. The van der Waals surface area contributed by atoms with Crippen molar-refractivity contribution in [2.75, 3.05) is 18.0 Å². The average Bonchev–Trinajstić information content (AvgIpc) is 2.34. The number of phenolic OH excluding ortho intramolecular Hbond substituents is 1. The van der Waals surface area contributed by atoms with Crippen LogP contribution in [0.15, 0.2) is 30.5 Å². The first kappa shape index (κ1) is 12.2. The highest BCUT2D eigenvalue weighted by molar-refractivity contribution is 5.93. The molecule has 2 aromatic rings. The minimum atomic E-state index is -0.124. The molecule has 1 aliphatic rings. The first-order chi connectivity index (χ1) is 8.99. The molecule has 4 heteroatoms. The molecule has 0 spiro atoms. The van der Waals surface area contributed by atoms with E-state index in [1.54, 1.807) is 18.3 Å². The number of nitrogens with two attached hydrogens (primary N) is 1. The van der Waals surface area contributed by atoms with Crippen LogP contribution in [0.5, 0.6) is 5.75 Å². The fourth-order valence-corrected chi connectivity index (χ4v) is 2.57. The molecule has 1 aromatic heterocycles. The van der Waals surface area contributed by atoms with Gasteiger partial charge in [0.25, 0.3) is 0 Å². The predicted octanol–water partition coefficient (Wildman–Crippen LogP) is 2.11. The molecule has 0 unspecified atom stereocenters. The maximum atomic E-state index is 9.65. The topological polar surface area (TPSA) is 62.4 Å². The molecule has 100 valence electrons. The number of benzene rings is 1. The summed E-state index contributed by atoms with van der Waals surface area (Å²) in [5.41, 5.74) is 6.20. The lowest BCUT2D eigenvalue weighted by molar-refractivity contribution is 0.244. The third kappa shape index (κ3) is 1.92. The number of anilines is 1. The summed E-state index contributed by atoms with van der Waals surface area (Å²) in [6.45, 7) is 5.93. The van der Waals surface area contributed by atoms with Gasteiger partial charge in [-0.15, -0.1) is 0 Å². The molecule has 19 heavy (non-hydrogen) atoms. The minimum absolute atomic E-state index is 0.124. The molecule has 0 amide bonds. The SMILES string of the molecule is CC(C)C1(N)CN(c2nccc3ccc(O)cc23)C1. The molecule has 1 fully saturated rings. The van der Waals surface area contributed by atoms with Gasteiger partial charge in [0.15, 0.2) is 0 Å². The Morgan fingerprint density at radius 2 is 2.05 bits per heavy atom. The Balaban J connectivity index is 1.97. The number of hydrogen-bond acceptors (Lipinski definition) is 4. The normalized spacial score (nSPS) is 17.8. The summed E-state index contributed by atoms with van der Waals surface area (Å²) in [5.74, 6) is 1.63. The fourth-order valence-electron chi connectivity index (χ4n) is 2.57. The quantitative estimate of drug-likeness (QED) is 0.865. The Kier molecular flexibility index (Phi) is 2.64. The van der Waals surface area contributed by atoms with Crippen molar-refractivity contribution in [1.29, 1.82) is 0 Å². The van der Waals surface area contributed by atoms with Gasteiger partial charge in [-0.3, -0.25) is 0 Å². The van der Waals surface area contributed by atoms with E-state index in [2.05, 4.69) is 23.7 Å². The largest absolute Gasteiger partial charge is 0.508 e. The molecule has 1 aromatic carbocycles. The second-order valence-corrected chi connectivity index (χ2v) is 5.78. The molecule has 1 saturated heterocycles. The average molecular weight is 257 g/mol. The van der Waals surface area contributed by atoms with Crippen LogP contribution < -0.4 is 10.6 Å². The van der Waals surface area contributed by atoms with Crippen LogP contribution in [0.1, 0.15) is 13.8 Å². The number of nitrogens with zero attached hydrogens (tertiary/aromatic N) is 2. The first-order valence-corrected chi connectivity index (χ1v) is 6.61. The zero-order valence-electron chi connectivity index (χ0n) is 11.3. The van der Waals surface area contributed by atoms with Crippen molar-refractivity contribution in [3.63, 3.8) is 0 Å². The lowest BCUT2D eigenvalue weighted by Crippen LogP contribution is -2.70. The van der Waals surface area contributed by atoms with E-state index in [0.29, 0.717) is 5.92 Å². The van der Waals surface area contributed by atoms with Crippen LogP contribution >= 0.6 is 0 Å². The summed E-state index contributed by atoms with van der Waals surface area (Å²) in [6.07, 6.45) is 1.81. The van der Waals surface area contributed by atoms with Crippen LogP contribution in [-0.4, -0.2) is 28.7 Å². The van der Waals surface area contributed by atoms with E-state index in [0.717, 1.165) is 29.7 Å². The van der Waals surface area contributed by atoms with Gasteiger partial charge >= 0.3 is 0 Å². The van der Waals surface area contributed by atoms with E-state index in [1.165, 1.54) is 0 Å². The van der Waals surface area contributed by atoms with Crippen molar-refractivity contribution in [3.05, 3.63) is 30.5 Å². The Morgan fingerprint density at radius 3 is 2.74 bits per heavy atom. The predicted molar refractivity (Wildman–Crippen MR) is 77.4 cm³/mol. The fraction of sp³-hybridized carbons (Fsp3) is 0.400. The molecule has 0 bridgehead atoms. The number of fused-ring (bicyclic) bond motifs is 1. The van der Waals surface area contributed by atoms with Gasteiger partial charge in [0.2, 0.25) is 0 Å². The smallest absolute Gasteiger partial charge is 0.136 e. The highest BCUT2D eigenvalue weighted by atomic mass is 16.3. The van der Waals surface area contributed by atoms with Crippen molar-refractivity contribution in [2.24, 2.45) is 11.7 Å². The van der Waals surface area contributed by atoms with E-state index >= 15 is 0 Å². The molecule has 1 aliphatic heterocycles. The van der Waals surface area contributed by atoms with Crippen molar-refractivity contribution in [2.45, 2.75) is 19.4 Å². The van der Waals surface area contributed by atoms with Gasteiger partial charge in [0, 0.05) is 24.7 Å². The maximum Gasteiger partial charge on any atom is 0.136 e. The Hall–Kier alpha value is -1.81. The summed E-state index contributed by atoms with van der Waals surface area (Å²) >= 11 is 0. The molecule has 4 nitrogen and oxygen atoms in total. The maximum absolute atomic E-state index is 9.65. The standard InChI is InChI=1S/C15H19N3O/c1-10(2)15(16)8-18(9-15)14-13-7-12(19)4-3-11(13)5-6-17-14/h3-7,10,19H,8-9,16H2,1-2H3. The Bertz CT molecular complexity index is 618. The minimum Gasteiger partial charge on any atom is -0.508 e. The van der Waals surface area contributed by atoms with Gasteiger partial charge in [0.1, 0.15) is 11.6 Å². The highest BCUT2D eigenvalue weighted by Crippen LogP contribution is 2.34. The summed E-state index contributed by atoms with van der Waals surface area (Å²) in [5, 5.41) is 11.7. The molecule has 0 atom stereocenters. The summed E-state index contributed by atoms with van der Waals surface area (Å²) < 4.78 is 0. The molecule has 3 rings (SSSR count). The zero-order valence-corrected chi connectivity index (χ0v) is 11.3. The van der Waals surface area contributed by atoms with E-state index in [1.807, 2.05) is 12.1 Å². The Morgan fingerprint density at radius 1 is 1.32 bits per heavy atom. The van der Waals surface area contributed by atoms with Gasteiger partial charge in [-0.25, -0.2) is 4.98 Å². The molecule has 3 N–H and O–H groups in total. The van der Waals surface area contributed by atoms with E-state index in [9.17, 15) is 5.11 Å². The van der Waals surface area contributed by atoms with Crippen LogP contribution in [0.4, 0.5) is 5.82 Å². The molecule has 2 heterocycles. The van der Waals surface area contributed by atoms with E-state index in [-0.39, 0.29) is 11.3 Å². The van der Waals surface area contributed by atoms with E-state index in [4.69, 9.17) is 5.73 Å². The van der Waals surface area contributed by atoms with Gasteiger partial charge in [-0.1, -0.05) is 19.9 Å². The van der Waals surface area contributed by atoms with Crippen molar-refractivity contribution < 1.29 is 5.11 Å².